The van der Waals surface area contributed by atoms with Crippen LogP contribution in [0.5, 0.6) is 0 Å². The summed E-state index contributed by atoms with van der Waals surface area (Å²) >= 11 is 0. The van der Waals surface area contributed by atoms with Crippen molar-refractivity contribution in [3.8, 4) is 0 Å². The lowest BCUT2D eigenvalue weighted by atomic mass is 10.2. The third kappa shape index (κ3) is 3.14. The largest absolute Gasteiger partial charge is 0.380 e. The quantitative estimate of drug-likeness (QED) is 0.869. The van der Waals surface area contributed by atoms with Crippen LogP contribution in [0, 0.1) is 0 Å². The Morgan fingerprint density at radius 1 is 1.47 bits per heavy atom. The molecular formula is C13H20N2O3S. The number of nitrogens with zero attached hydrogens (tertiary/aromatic N) is 1. The van der Waals surface area contributed by atoms with Gasteiger partial charge < -0.3 is 10.1 Å². The van der Waals surface area contributed by atoms with Crippen molar-refractivity contribution in [1.29, 1.82) is 0 Å². The molecule has 2 rings (SSSR count). The SMILES string of the molecule is CNCc1cccc(S(=O)(=O)N2CCC(OC)C2)c1. The van der Waals surface area contributed by atoms with Crippen molar-refractivity contribution in [3.63, 3.8) is 0 Å². The fourth-order valence-electron chi connectivity index (χ4n) is 2.28. The van der Waals surface area contributed by atoms with Crippen LogP contribution in [-0.4, -0.2) is 46.1 Å². The van der Waals surface area contributed by atoms with Crippen molar-refractivity contribution in [2.75, 3.05) is 27.2 Å². The van der Waals surface area contributed by atoms with Gasteiger partial charge in [-0.3, -0.25) is 0 Å². The molecule has 5 nitrogen and oxygen atoms in total. The molecule has 1 fully saturated rings. The van der Waals surface area contributed by atoms with Crippen LogP contribution in [0.4, 0.5) is 0 Å². The number of ether oxygens (including phenoxy) is 1. The first-order valence-electron chi connectivity index (χ1n) is 6.34. The van der Waals surface area contributed by atoms with Gasteiger partial charge in [0.15, 0.2) is 0 Å². The maximum Gasteiger partial charge on any atom is 0.243 e. The monoisotopic (exact) mass is 284 g/mol. The highest BCUT2D eigenvalue weighted by Crippen LogP contribution is 2.22. The summed E-state index contributed by atoms with van der Waals surface area (Å²) in [6.45, 7) is 1.62. The van der Waals surface area contributed by atoms with Gasteiger partial charge in [-0.25, -0.2) is 8.42 Å². The highest BCUT2D eigenvalue weighted by molar-refractivity contribution is 7.89. The highest BCUT2D eigenvalue weighted by Gasteiger charge is 2.32. The minimum absolute atomic E-state index is 0.00951. The van der Waals surface area contributed by atoms with Gasteiger partial charge in [-0.05, 0) is 31.2 Å². The van der Waals surface area contributed by atoms with E-state index in [2.05, 4.69) is 5.32 Å². The first kappa shape index (κ1) is 14.5. The van der Waals surface area contributed by atoms with E-state index in [0.717, 1.165) is 12.0 Å². The third-order valence-electron chi connectivity index (χ3n) is 3.36. The molecule has 1 saturated heterocycles. The minimum atomic E-state index is -3.40. The topological polar surface area (TPSA) is 58.6 Å². The molecule has 1 N–H and O–H groups in total. The third-order valence-corrected chi connectivity index (χ3v) is 5.22. The number of nitrogens with one attached hydrogen (secondary N) is 1. The van der Waals surface area contributed by atoms with Crippen LogP contribution in [0.3, 0.4) is 0 Å². The van der Waals surface area contributed by atoms with Crippen molar-refractivity contribution in [2.45, 2.75) is 24.0 Å². The van der Waals surface area contributed by atoms with E-state index in [1.807, 2.05) is 13.1 Å². The maximum atomic E-state index is 12.5. The van der Waals surface area contributed by atoms with Gasteiger partial charge in [-0.15, -0.1) is 0 Å². The van der Waals surface area contributed by atoms with E-state index in [9.17, 15) is 8.42 Å². The van der Waals surface area contributed by atoms with Gasteiger partial charge in [-0.1, -0.05) is 12.1 Å². The number of sulfonamides is 1. The number of hydrogen-bond donors (Lipinski definition) is 1. The van der Waals surface area contributed by atoms with Crippen LogP contribution < -0.4 is 5.32 Å². The predicted octanol–water partition coefficient (Wildman–Crippen LogP) is 0.815. The van der Waals surface area contributed by atoms with Crippen molar-refractivity contribution in [3.05, 3.63) is 29.8 Å². The Morgan fingerprint density at radius 2 is 2.26 bits per heavy atom. The molecule has 106 valence electrons. The minimum Gasteiger partial charge on any atom is -0.380 e. The zero-order valence-corrected chi connectivity index (χ0v) is 12.1. The van der Waals surface area contributed by atoms with Gasteiger partial charge in [0, 0.05) is 26.7 Å². The van der Waals surface area contributed by atoms with Gasteiger partial charge in [0.05, 0.1) is 11.0 Å². The average Bonchev–Trinajstić information content (AvgIpc) is 2.89. The van der Waals surface area contributed by atoms with Gasteiger partial charge in [-0.2, -0.15) is 4.31 Å². The van der Waals surface area contributed by atoms with Crippen LogP contribution in [0.15, 0.2) is 29.2 Å². The molecule has 0 radical (unpaired) electrons. The molecule has 0 bridgehead atoms. The van der Waals surface area contributed by atoms with Crippen LogP contribution in [-0.2, 0) is 21.3 Å². The zero-order valence-electron chi connectivity index (χ0n) is 11.3. The van der Waals surface area contributed by atoms with Crippen molar-refractivity contribution >= 4 is 10.0 Å². The standard InChI is InChI=1S/C13H20N2O3S/c1-14-9-11-4-3-5-13(8-11)19(16,17)15-7-6-12(10-15)18-2/h3-5,8,12,14H,6-7,9-10H2,1-2H3. The van der Waals surface area contributed by atoms with Gasteiger partial charge >= 0.3 is 0 Å². The van der Waals surface area contributed by atoms with Crippen LogP contribution >= 0.6 is 0 Å². The first-order chi connectivity index (χ1) is 9.07. The van der Waals surface area contributed by atoms with Gasteiger partial charge in [0.25, 0.3) is 0 Å². The Balaban J connectivity index is 2.22. The molecule has 1 aromatic rings. The lowest BCUT2D eigenvalue weighted by Crippen LogP contribution is -2.30. The van der Waals surface area contributed by atoms with Crippen molar-refractivity contribution in [2.24, 2.45) is 0 Å². The molecule has 0 aromatic heterocycles. The van der Waals surface area contributed by atoms with Gasteiger partial charge in [0.2, 0.25) is 10.0 Å². The summed E-state index contributed by atoms with van der Waals surface area (Å²) in [4.78, 5) is 0.358. The van der Waals surface area contributed by atoms with Crippen LogP contribution in [0.25, 0.3) is 0 Å². The Hall–Kier alpha value is -0.950. The number of hydrogen-bond acceptors (Lipinski definition) is 4. The normalized spacial score (nSPS) is 20.8. The summed E-state index contributed by atoms with van der Waals surface area (Å²) in [6, 6.07) is 7.07. The van der Waals surface area contributed by atoms with Crippen molar-refractivity contribution in [1.82, 2.24) is 9.62 Å². The predicted molar refractivity (Wildman–Crippen MR) is 73.4 cm³/mol. The molecule has 0 spiro atoms. The summed E-state index contributed by atoms with van der Waals surface area (Å²) in [5.41, 5.74) is 0.964. The molecule has 0 aliphatic carbocycles. The van der Waals surface area contributed by atoms with Crippen LogP contribution in [0.2, 0.25) is 0 Å². The summed E-state index contributed by atoms with van der Waals surface area (Å²) in [7, 11) is 0.0605. The first-order valence-corrected chi connectivity index (χ1v) is 7.78. The molecule has 0 saturated carbocycles. The summed E-state index contributed by atoms with van der Waals surface area (Å²) in [6.07, 6.45) is 0.765. The molecule has 1 aliphatic heterocycles. The van der Waals surface area contributed by atoms with E-state index < -0.39 is 10.0 Å². The second-order valence-corrected chi connectivity index (χ2v) is 6.63. The summed E-state index contributed by atoms with van der Waals surface area (Å²) < 4.78 is 31.7. The molecule has 19 heavy (non-hydrogen) atoms. The molecule has 1 unspecified atom stereocenters. The molecule has 1 atom stereocenters. The summed E-state index contributed by atoms with van der Waals surface area (Å²) in [5, 5.41) is 3.02. The fourth-order valence-corrected chi connectivity index (χ4v) is 3.83. The van der Waals surface area contributed by atoms with E-state index in [1.54, 1.807) is 25.3 Å². The van der Waals surface area contributed by atoms with E-state index in [0.29, 0.717) is 24.5 Å². The maximum absolute atomic E-state index is 12.5. The highest BCUT2D eigenvalue weighted by atomic mass is 32.2. The van der Waals surface area contributed by atoms with Crippen molar-refractivity contribution < 1.29 is 13.2 Å². The van der Waals surface area contributed by atoms with E-state index >= 15 is 0 Å². The smallest absolute Gasteiger partial charge is 0.243 e. The molecule has 1 aliphatic rings. The molecule has 1 heterocycles. The van der Waals surface area contributed by atoms with Crippen LogP contribution in [0.1, 0.15) is 12.0 Å². The lowest BCUT2D eigenvalue weighted by molar-refractivity contribution is 0.115. The van der Waals surface area contributed by atoms with E-state index in [-0.39, 0.29) is 6.10 Å². The summed E-state index contributed by atoms with van der Waals surface area (Å²) in [5.74, 6) is 0. The Labute approximate surface area is 114 Å². The molecule has 0 amide bonds. The number of rotatable bonds is 5. The molecule has 1 aromatic carbocycles. The second kappa shape index (κ2) is 6.00. The Kier molecular flexibility index (Phi) is 4.57. The zero-order chi connectivity index (χ0) is 13.9. The van der Waals surface area contributed by atoms with E-state index in [1.165, 1.54) is 4.31 Å². The molecule has 6 heteroatoms. The Morgan fingerprint density at radius 3 is 2.89 bits per heavy atom. The second-order valence-electron chi connectivity index (χ2n) is 4.69. The molecular weight excluding hydrogens is 264 g/mol. The van der Waals surface area contributed by atoms with Gasteiger partial charge in [0.1, 0.15) is 0 Å². The number of methoxy groups -OCH3 is 1. The number of benzene rings is 1. The average molecular weight is 284 g/mol. The van der Waals surface area contributed by atoms with E-state index in [4.69, 9.17) is 4.74 Å². The lowest BCUT2D eigenvalue weighted by Gasteiger charge is -2.16. The Bertz CT molecular complexity index is 530. The fraction of sp³-hybridized carbons (Fsp3) is 0.538.